The van der Waals surface area contributed by atoms with Crippen molar-refractivity contribution in [3.8, 4) is 0 Å². The zero-order valence-corrected chi connectivity index (χ0v) is 13.6. The van der Waals surface area contributed by atoms with E-state index < -0.39 is 23.1 Å². The number of nitrogens with one attached hydrogen (secondary N) is 2. The summed E-state index contributed by atoms with van der Waals surface area (Å²) in [5.74, 6) is -3.05. The molecule has 0 saturated heterocycles. The van der Waals surface area contributed by atoms with E-state index in [0.717, 1.165) is 17.7 Å². The van der Waals surface area contributed by atoms with Crippen molar-refractivity contribution in [2.75, 3.05) is 20.2 Å². The van der Waals surface area contributed by atoms with Gasteiger partial charge in [0.2, 0.25) is 0 Å². The maximum Gasteiger partial charge on any atom is 0.257 e. The van der Waals surface area contributed by atoms with E-state index in [9.17, 15) is 18.4 Å². The second kappa shape index (κ2) is 8.89. The molecule has 0 spiro atoms. The molecule has 0 saturated carbocycles. The van der Waals surface area contributed by atoms with Crippen molar-refractivity contribution in [3.05, 3.63) is 70.8 Å². The van der Waals surface area contributed by atoms with Crippen LogP contribution in [-0.2, 0) is 11.3 Å². The Morgan fingerprint density at radius 2 is 1.56 bits per heavy atom. The van der Waals surface area contributed by atoms with Crippen LogP contribution in [-0.4, -0.2) is 32.0 Å². The third kappa shape index (κ3) is 5.09. The number of rotatable bonds is 7. The van der Waals surface area contributed by atoms with Crippen molar-refractivity contribution in [3.63, 3.8) is 0 Å². The summed E-state index contributed by atoms with van der Waals surface area (Å²) in [7, 11) is 1.56. The van der Waals surface area contributed by atoms with E-state index >= 15 is 0 Å². The van der Waals surface area contributed by atoms with Gasteiger partial charge in [0.1, 0.15) is 17.2 Å². The van der Waals surface area contributed by atoms with Gasteiger partial charge in [-0.25, -0.2) is 8.78 Å². The number of hydrogen-bond donors (Lipinski definition) is 2. The van der Waals surface area contributed by atoms with Crippen LogP contribution in [0.3, 0.4) is 0 Å². The second-order valence-corrected chi connectivity index (χ2v) is 5.24. The third-order valence-electron chi connectivity index (χ3n) is 3.39. The second-order valence-electron chi connectivity index (χ2n) is 5.24. The first-order valence-electron chi connectivity index (χ1n) is 7.61. The minimum Gasteiger partial charge on any atom is -0.380 e. The summed E-state index contributed by atoms with van der Waals surface area (Å²) >= 11 is 0. The van der Waals surface area contributed by atoms with Gasteiger partial charge >= 0.3 is 0 Å². The molecule has 25 heavy (non-hydrogen) atoms. The summed E-state index contributed by atoms with van der Waals surface area (Å²) in [4.78, 5) is 23.8. The Kier molecular flexibility index (Phi) is 6.59. The molecule has 0 heterocycles. The van der Waals surface area contributed by atoms with Gasteiger partial charge in [-0.15, -0.1) is 0 Å². The van der Waals surface area contributed by atoms with Crippen LogP contribution in [0.2, 0.25) is 0 Å². The molecular weight excluding hydrogens is 330 g/mol. The van der Waals surface area contributed by atoms with Crippen LogP contribution in [0, 0.1) is 11.6 Å². The molecule has 0 aromatic heterocycles. The highest BCUT2D eigenvalue weighted by Gasteiger charge is 2.16. The number of carbonyl (C=O) groups is 2. The van der Waals surface area contributed by atoms with Crippen molar-refractivity contribution >= 4 is 11.8 Å². The summed E-state index contributed by atoms with van der Waals surface area (Å²) in [6.07, 6.45) is 0. The fraction of sp³-hybridized carbons (Fsp3) is 0.222. The fourth-order valence-corrected chi connectivity index (χ4v) is 2.23. The molecule has 0 aliphatic carbocycles. The Balaban J connectivity index is 1.84. The molecule has 7 heteroatoms. The molecule has 0 radical (unpaired) electrons. The number of carbonyl (C=O) groups excluding carboxylic acids is 2. The summed E-state index contributed by atoms with van der Waals surface area (Å²) < 4.78 is 32.0. The van der Waals surface area contributed by atoms with Gasteiger partial charge in [-0.1, -0.05) is 18.2 Å². The zero-order valence-electron chi connectivity index (χ0n) is 13.6. The topological polar surface area (TPSA) is 67.4 Å². The number of hydrogen-bond acceptors (Lipinski definition) is 3. The standard InChI is InChI=1S/C18H18F2N2O3/c1-25-11-12-4-2-5-13(10-12)17(23)21-8-9-22-18(24)16-14(19)6-3-7-15(16)20/h2-7,10H,8-9,11H2,1H3,(H,21,23)(H,22,24). The van der Waals surface area contributed by atoms with Crippen LogP contribution in [0.4, 0.5) is 8.78 Å². The molecule has 0 atom stereocenters. The van der Waals surface area contributed by atoms with E-state index in [1.807, 2.05) is 6.07 Å². The molecule has 2 amide bonds. The van der Waals surface area contributed by atoms with Gasteiger partial charge in [0.05, 0.1) is 6.61 Å². The van der Waals surface area contributed by atoms with Gasteiger partial charge < -0.3 is 15.4 Å². The van der Waals surface area contributed by atoms with Gasteiger partial charge in [0.25, 0.3) is 11.8 Å². The van der Waals surface area contributed by atoms with E-state index in [1.54, 1.807) is 25.3 Å². The van der Waals surface area contributed by atoms with E-state index in [2.05, 4.69) is 10.6 Å². The van der Waals surface area contributed by atoms with Crippen LogP contribution in [0.1, 0.15) is 26.3 Å². The van der Waals surface area contributed by atoms with Crippen LogP contribution in [0.5, 0.6) is 0 Å². The minimum absolute atomic E-state index is 0.0378. The highest BCUT2D eigenvalue weighted by Crippen LogP contribution is 2.11. The number of halogens is 2. The van der Waals surface area contributed by atoms with Gasteiger partial charge in [-0.2, -0.15) is 0 Å². The number of benzene rings is 2. The normalized spacial score (nSPS) is 10.4. The van der Waals surface area contributed by atoms with E-state index in [4.69, 9.17) is 4.74 Å². The zero-order chi connectivity index (χ0) is 18.2. The largest absolute Gasteiger partial charge is 0.380 e. The van der Waals surface area contributed by atoms with Crippen LogP contribution in [0.15, 0.2) is 42.5 Å². The quantitative estimate of drug-likeness (QED) is 0.755. The summed E-state index contributed by atoms with van der Waals surface area (Å²) in [6, 6.07) is 10.1. The third-order valence-corrected chi connectivity index (χ3v) is 3.39. The Labute approximate surface area is 144 Å². The first kappa shape index (κ1) is 18.5. The number of ether oxygens (including phenoxy) is 1. The Hall–Kier alpha value is -2.80. The summed E-state index contributed by atoms with van der Waals surface area (Å²) in [5.41, 5.74) is 0.681. The summed E-state index contributed by atoms with van der Waals surface area (Å²) in [6.45, 7) is 0.552. The van der Waals surface area contributed by atoms with E-state index in [0.29, 0.717) is 12.2 Å². The molecule has 0 aliphatic heterocycles. The summed E-state index contributed by atoms with van der Waals surface area (Å²) in [5, 5.41) is 4.99. The SMILES string of the molecule is COCc1cccc(C(=O)NCCNC(=O)c2c(F)cccc2F)c1. The lowest BCUT2D eigenvalue weighted by Gasteiger charge is -2.09. The van der Waals surface area contributed by atoms with Crippen molar-refractivity contribution in [2.24, 2.45) is 0 Å². The highest BCUT2D eigenvalue weighted by atomic mass is 19.1. The van der Waals surface area contributed by atoms with Crippen LogP contribution < -0.4 is 10.6 Å². The smallest absolute Gasteiger partial charge is 0.257 e. The van der Waals surface area contributed by atoms with Crippen molar-refractivity contribution in [1.82, 2.24) is 10.6 Å². The molecule has 0 aliphatic rings. The molecule has 0 fully saturated rings. The molecule has 0 unspecified atom stereocenters. The molecular formula is C18H18F2N2O3. The van der Waals surface area contributed by atoms with Crippen molar-refractivity contribution < 1.29 is 23.1 Å². The molecule has 2 aromatic rings. The van der Waals surface area contributed by atoms with Gasteiger partial charge in [-0.05, 0) is 29.8 Å². The first-order chi connectivity index (χ1) is 12.0. The predicted octanol–water partition coefficient (Wildman–Crippen LogP) is 2.27. The molecule has 132 valence electrons. The minimum atomic E-state index is -0.934. The molecule has 5 nitrogen and oxygen atoms in total. The van der Waals surface area contributed by atoms with Crippen molar-refractivity contribution in [1.29, 1.82) is 0 Å². The molecule has 0 bridgehead atoms. The Bertz CT molecular complexity index is 745. The molecule has 2 rings (SSSR count). The molecule has 2 aromatic carbocycles. The lowest BCUT2D eigenvalue weighted by Crippen LogP contribution is -2.35. The average molecular weight is 348 g/mol. The lowest BCUT2D eigenvalue weighted by atomic mass is 10.1. The van der Waals surface area contributed by atoms with Gasteiger partial charge in [0.15, 0.2) is 0 Å². The Morgan fingerprint density at radius 1 is 0.960 bits per heavy atom. The van der Waals surface area contributed by atoms with Crippen LogP contribution in [0.25, 0.3) is 0 Å². The fourth-order valence-electron chi connectivity index (χ4n) is 2.23. The Morgan fingerprint density at radius 3 is 2.20 bits per heavy atom. The van der Waals surface area contributed by atoms with Crippen molar-refractivity contribution in [2.45, 2.75) is 6.61 Å². The maximum atomic E-state index is 13.5. The molecule has 2 N–H and O–H groups in total. The number of amides is 2. The van der Waals surface area contributed by atoms with E-state index in [1.165, 1.54) is 6.07 Å². The van der Waals surface area contributed by atoms with E-state index in [-0.39, 0.29) is 19.0 Å². The highest BCUT2D eigenvalue weighted by molar-refractivity contribution is 5.95. The maximum absolute atomic E-state index is 13.5. The number of methoxy groups -OCH3 is 1. The van der Waals surface area contributed by atoms with Crippen LogP contribution >= 0.6 is 0 Å². The van der Waals surface area contributed by atoms with Gasteiger partial charge in [0, 0.05) is 25.8 Å². The predicted molar refractivity (Wildman–Crippen MR) is 88.2 cm³/mol. The lowest BCUT2D eigenvalue weighted by molar-refractivity contribution is 0.0922. The monoisotopic (exact) mass is 348 g/mol. The first-order valence-corrected chi connectivity index (χ1v) is 7.61. The van der Waals surface area contributed by atoms with Gasteiger partial charge in [-0.3, -0.25) is 9.59 Å². The average Bonchev–Trinajstić information content (AvgIpc) is 2.59.